The Morgan fingerprint density at radius 1 is 1.25 bits per heavy atom. The molecule has 0 radical (unpaired) electrons. The van der Waals surface area contributed by atoms with Crippen LogP contribution in [0.3, 0.4) is 0 Å². The molecule has 0 saturated carbocycles. The van der Waals surface area contributed by atoms with Crippen molar-refractivity contribution in [2.24, 2.45) is 0 Å². The van der Waals surface area contributed by atoms with Crippen LogP contribution in [0, 0.1) is 0 Å². The minimum atomic E-state index is -4.74. The molecule has 8 heavy (non-hydrogen) atoms. The van der Waals surface area contributed by atoms with Crippen LogP contribution in [0.1, 0.15) is 0 Å². The Hall–Kier alpha value is 0.330. The summed E-state index contributed by atoms with van der Waals surface area (Å²) in [5.41, 5.74) is 0. The second-order valence-electron chi connectivity index (χ2n) is 0.824. The van der Waals surface area contributed by atoms with E-state index in [0.29, 0.717) is 0 Å². The van der Waals surface area contributed by atoms with E-state index in [-0.39, 0.29) is 0 Å². The molecule has 0 aliphatic heterocycles. The average Bonchev–Trinajstić information content (AvgIpc) is 1.21. The molecule has 0 amide bonds. The molecule has 0 N–H and O–H groups in total. The number of ether oxygens (including phenoxy) is 1. The molecule has 0 unspecified atom stereocenters. The normalized spacial score (nSPS) is 12.8. The van der Waals surface area contributed by atoms with Crippen molar-refractivity contribution in [1.82, 2.24) is 0 Å². The van der Waals surface area contributed by atoms with Gasteiger partial charge in [-0.05, 0) is 0 Å². The van der Waals surface area contributed by atoms with Crippen molar-refractivity contribution < 1.29 is 17.9 Å². The van der Waals surface area contributed by atoms with Crippen LogP contribution in [0.2, 0.25) is 0 Å². The third kappa shape index (κ3) is 6.33. The van der Waals surface area contributed by atoms with E-state index >= 15 is 0 Å². The number of halogens is 5. The zero-order valence-electron chi connectivity index (χ0n) is 3.38. The molecular formula is C2HCl2F3O. The molecule has 0 heterocycles. The summed E-state index contributed by atoms with van der Waals surface area (Å²) in [5, 5.41) is -1.84. The van der Waals surface area contributed by atoms with Gasteiger partial charge in [-0.15, -0.1) is 13.2 Å². The van der Waals surface area contributed by atoms with Gasteiger partial charge in [0.25, 0.3) is 0 Å². The van der Waals surface area contributed by atoms with Crippen LogP contribution in [0.4, 0.5) is 13.2 Å². The molecule has 0 aliphatic rings. The highest BCUT2D eigenvalue weighted by Gasteiger charge is 2.31. The molecule has 0 spiro atoms. The minimum absolute atomic E-state index is 1.84. The highest BCUT2D eigenvalue weighted by Crippen LogP contribution is 2.21. The van der Waals surface area contributed by atoms with Crippen LogP contribution in [0.15, 0.2) is 0 Å². The number of alkyl halides is 5. The first-order chi connectivity index (χ1) is 3.42. The maximum Gasteiger partial charge on any atom is 0.524 e. The van der Waals surface area contributed by atoms with E-state index in [4.69, 9.17) is 0 Å². The Balaban J connectivity index is 3.39. The molecule has 1 nitrogen and oxygen atoms in total. The molecule has 0 rings (SSSR count). The Morgan fingerprint density at radius 2 is 1.62 bits per heavy atom. The van der Waals surface area contributed by atoms with Gasteiger partial charge in [-0.2, -0.15) is 0 Å². The van der Waals surface area contributed by atoms with Gasteiger partial charge >= 0.3 is 6.36 Å². The molecule has 6 heteroatoms. The van der Waals surface area contributed by atoms with Crippen molar-refractivity contribution in [1.29, 1.82) is 0 Å². The van der Waals surface area contributed by atoms with Gasteiger partial charge in [-0.3, -0.25) is 4.74 Å². The fourth-order valence-electron chi connectivity index (χ4n) is 0.101. The monoisotopic (exact) mass is 168 g/mol. The second kappa shape index (κ2) is 2.75. The highest BCUT2D eigenvalue weighted by atomic mass is 35.5. The van der Waals surface area contributed by atoms with Gasteiger partial charge in [-0.1, -0.05) is 23.2 Å². The zero-order valence-corrected chi connectivity index (χ0v) is 4.89. The number of rotatable bonds is 1. The lowest BCUT2D eigenvalue weighted by atomic mass is 11.3. The van der Waals surface area contributed by atoms with E-state index in [1.54, 1.807) is 0 Å². The molecule has 0 bridgehead atoms. The first kappa shape index (κ1) is 8.33. The standard InChI is InChI=1S/C2HCl2F3O/c3-1(4)8-2(5,6)7/h1H. The fraction of sp³-hybridized carbons (Fsp3) is 1.00. The van der Waals surface area contributed by atoms with E-state index < -0.39 is 11.4 Å². The smallest absolute Gasteiger partial charge is 0.258 e. The first-order valence-corrected chi connectivity index (χ1v) is 2.32. The van der Waals surface area contributed by atoms with E-state index in [1.165, 1.54) is 0 Å². The maximum atomic E-state index is 10.9. The van der Waals surface area contributed by atoms with Crippen LogP contribution < -0.4 is 0 Å². The van der Waals surface area contributed by atoms with Gasteiger partial charge in [0.2, 0.25) is 5.02 Å². The Labute approximate surface area is 53.3 Å². The molecule has 0 aromatic carbocycles. The van der Waals surface area contributed by atoms with Crippen molar-refractivity contribution in [3.8, 4) is 0 Å². The third-order valence-electron chi connectivity index (χ3n) is 0.223. The first-order valence-electron chi connectivity index (χ1n) is 1.44. The molecule has 50 valence electrons. The predicted octanol–water partition coefficient (Wildman–Crippen LogP) is 2.28. The highest BCUT2D eigenvalue weighted by molar-refractivity contribution is 6.43. The molecule has 0 aromatic rings. The summed E-state index contributed by atoms with van der Waals surface area (Å²) >= 11 is 9.17. The Morgan fingerprint density at radius 3 is 1.62 bits per heavy atom. The van der Waals surface area contributed by atoms with Gasteiger partial charge in [0.1, 0.15) is 0 Å². The van der Waals surface area contributed by atoms with Crippen molar-refractivity contribution in [2.45, 2.75) is 11.4 Å². The summed E-state index contributed by atoms with van der Waals surface area (Å²) in [6, 6.07) is 0. The lowest BCUT2D eigenvalue weighted by molar-refractivity contribution is -0.322. The van der Waals surface area contributed by atoms with Crippen molar-refractivity contribution in [3.63, 3.8) is 0 Å². The zero-order chi connectivity index (χ0) is 6.78. The SMILES string of the molecule is FC(F)(F)OC(Cl)Cl. The summed E-state index contributed by atoms with van der Waals surface area (Å²) in [6.45, 7) is 0. The summed E-state index contributed by atoms with van der Waals surface area (Å²) < 4.78 is 35.7. The van der Waals surface area contributed by atoms with E-state index in [1.807, 2.05) is 0 Å². The van der Waals surface area contributed by atoms with E-state index in [0.717, 1.165) is 0 Å². The molecule has 0 atom stereocenters. The summed E-state index contributed by atoms with van der Waals surface area (Å²) in [6.07, 6.45) is -4.74. The Kier molecular flexibility index (Phi) is 2.87. The summed E-state index contributed by atoms with van der Waals surface area (Å²) in [4.78, 5) is 0. The van der Waals surface area contributed by atoms with Gasteiger partial charge < -0.3 is 0 Å². The van der Waals surface area contributed by atoms with Crippen LogP contribution in [0.5, 0.6) is 0 Å². The van der Waals surface area contributed by atoms with Crippen LogP contribution in [-0.4, -0.2) is 11.4 Å². The van der Waals surface area contributed by atoms with E-state index in [2.05, 4.69) is 27.9 Å². The van der Waals surface area contributed by atoms with Crippen LogP contribution >= 0.6 is 23.2 Å². The van der Waals surface area contributed by atoms with Gasteiger partial charge in [0.05, 0.1) is 0 Å². The van der Waals surface area contributed by atoms with Crippen molar-refractivity contribution in [2.75, 3.05) is 0 Å². The van der Waals surface area contributed by atoms with E-state index in [9.17, 15) is 13.2 Å². The molecule has 0 aromatic heterocycles. The van der Waals surface area contributed by atoms with Gasteiger partial charge in [-0.25, -0.2) is 0 Å². The van der Waals surface area contributed by atoms with Gasteiger partial charge in [0, 0.05) is 0 Å². The predicted molar refractivity (Wildman–Crippen MR) is 22.6 cm³/mol. The minimum Gasteiger partial charge on any atom is -0.258 e. The van der Waals surface area contributed by atoms with Gasteiger partial charge in [0.15, 0.2) is 0 Å². The average molecular weight is 169 g/mol. The molecule has 0 aliphatic carbocycles. The largest absolute Gasteiger partial charge is 0.524 e. The van der Waals surface area contributed by atoms with Crippen molar-refractivity contribution in [3.05, 3.63) is 0 Å². The number of hydrogen-bond donors (Lipinski definition) is 0. The summed E-state index contributed by atoms with van der Waals surface area (Å²) in [5.74, 6) is 0. The third-order valence-corrected chi connectivity index (χ3v) is 0.401. The molecular weight excluding hydrogens is 168 g/mol. The number of hydrogen-bond acceptors (Lipinski definition) is 1. The van der Waals surface area contributed by atoms with Crippen molar-refractivity contribution >= 4 is 23.2 Å². The fourth-order valence-corrected chi connectivity index (χ4v) is 0.303. The van der Waals surface area contributed by atoms with Crippen LogP contribution in [-0.2, 0) is 4.74 Å². The lowest BCUT2D eigenvalue weighted by Gasteiger charge is -2.05. The molecule has 0 fully saturated rings. The molecule has 0 saturated heterocycles. The summed E-state index contributed by atoms with van der Waals surface area (Å²) in [7, 11) is 0. The van der Waals surface area contributed by atoms with Crippen LogP contribution in [0.25, 0.3) is 0 Å². The quantitative estimate of drug-likeness (QED) is 0.547. The lowest BCUT2D eigenvalue weighted by Crippen LogP contribution is -2.15. The Bertz CT molecular complexity index is 70.2. The maximum absolute atomic E-state index is 10.9. The second-order valence-corrected chi connectivity index (χ2v) is 1.84. The topological polar surface area (TPSA) is 9.23 Å².